The zero-order valence-electron chi connectivity index (χ0n) is 43.3. The molecule has 0 amide bonds. The standard InChI is InChI=1S/C65H79O6/c1-6-11-41-57(47-53-36-23-15-24-37-53)60(69)63(49-66,48-54-38-25-16-26-39-54)65(59(68)42-27-40-50-30-17-12-18-31-50,62(71)55(10-5)46-52-34-21-14-22-35-52)64(45-9-4,61(70)56(28-7-2)29-8-3)58(67)44-43-51-32-19-13-20-33-51/h12-26,30-39,55-57H,6-11,27-29,40-48H2,1-5H3. The normalized spacial score (nSPS) is 14.8. The Balaban J connectivity index is 2.04. The number of unbranched alkanes of at least 4 members (excludes halogenated alkanes) is 1. The molecule has 0 fully saturated rings. The molecule has 1 radical (unpaired) electrons. The zero-order chi connectivity index (χ0) is 51.1. The van der Waals surface area contributed by atoms with Crippen LogP contribution in [0, 0.1) is 34.0 Å². The smallest absolute Gasteiger partial charge is 0.214 e. The van der Waals surface area contributed by atoms with Crippen LogP contribution in [-0.2, 0) is 60.9 Å². The predicted octanol–water partition coefficient (Wildman–Crippen LogP) is 14.1. The molecule has 71 heavy (non-hydrogen) atoms. The number of benzene rings is 5. The molecule has 0 aliphatic carbocycles. The van der Waals surface area contributed by atoms with E-state index in [9.17, 15) is 0 Å². The van der Waals surface area contributed by atoms with E-state index in [0.717, 1.165) is 28.7 Å². The predicted molar refractivity (Wildman–Crippen MR) is 288 cm³/mol. The molecule has 5 rings (SSSR count). The van der Waals surface area contributed by atoms with Gasteiger partial charge in [0.05, 0.1) is 0 Å². The number of carbonyl (C=O) groups excluding carboxylic acids is 6. The first kappa shape index (κ1) is 56.0. The lowest BCUT2D eigenvalue weighted by Crippen LogP contribution is -2.73. The molecule has 5 aromatic rings. The lowest BCUT2D eigenvalue weighted by molar-refractivity contribution is -0.182. The number of hydrogen-bond acceptors (Lipinski definition) is 6. The van der Waals surface area contributed by atoms with Gasteiger partial charge in [-0.15, -0.1) is 0 Å². The Hall–Kier alpha value is -5.88. The summed E-state index contributed by atoms with van der Waals surface area (Å²) in [5.41, 5.74) is -3.75. The minimum absolute atomic E-state index is 0.176. The van der Waals surface area contributed by atoms with E-state index in [1.54, 1.807) is 0 Å². The van der Waals surface area contributed by atoms with Gasteiger partial charge in [-0.1, -0.05) is 218 Å². The van der Waals surface area contributed by atoms with Crippen LogP contribution >= 0.6 is 0 Å². The molecule has 5 unspecified atom stereocenters. The molecular formula is C65H79O6. The average molecular weight is 956 g/mol. The molecule has 0 bridgehead atoms. The largest absolute Gasteiger partial charge is 0.299 e. The maximum Gasteiger partial charge on any atom is 0.214 e. The first-order valence-electron chi connectivity index (χ1n) is 26.8. The summed E-state index contributed by atoms with van der Waals surface area (Å²) in [5, 5.41) is 0. The number of carbonyl (C=O) groups is 5. The van der Waals surface area contributed by atoms with Crippen LogP contribution in [-0.4, -0.2) is 35.2 Å². The van der Waals surface area contributed by atoms with Crippen LogP contribution in [0.2, 0.25) is 0 Å². The van der Waals surface area contributed by atoms with Crippen molar-refractivity contribution in [2.75, 3.05) is 0 Å². The van der Waals surface area contributed by atoms with E-state index in [4.69, 9.17) is 0 Å². The Morgan fingerprint density at radius 3 is 1.35 bits per heavy atom. The first-order valence-corrected chi connectivity index (χ1v) is 26.8. The highest BCUT2D eigenvalue weighted by Gasteiger charge is 2.78. The number of aryl methyl sites for hydroxylation is 2. The Morgan fingerprint density at radius 1 is 0.437 bits per heavy atom. The molecule has 5 atom stereocenters. The zero-order valence-corrected chi connectivity index (χ0v) is 43.3. The lowest BCUT2D eigenvalue weighted by atomic mass is 9.39. The molecule has 6 nitrogen and oxygen atoms in total. The fourth-order valence-corrected chi connectivity index (χ4v) is 11.7. The van der Waals surface area contributed by atoms with Crippen molar-refractivity contribution in [3.63, 3.8) is 0 Å². The van der Waals surface area contributed by atoms with Crippen molar-refractivity contribution >= 4 is 35.2 Å². The van der Waals surface area contributed by atoms with Crippen molar-refractivity contribution in [1.82, 2.24) is 0 Å². The van der Waals surface area contributed by atoms with Crippen molar-refractivity contribution in [2.24, 2.45) is 34.0 Å². The summed E-state index contributed by atoms with van der Waals surface area (Å²) in [6.07, 6.45) is 6.96. The summed E-state index contributed by atoms with van der Waals surface area (Å²) < 4.78 is 0. The molecule has 0 spiro atoms. The van der Waals surface area contributed by atoms with E-state index in [1.807, 2.05) is 186 Å². The molecule has 0 aliphatic heterocycles. The summed E-state index contributed by atoms with van der Waals surface area (Å²) >= 11 is 0. The SMILES string of the molecule is CCCCC(Cc1ccccc1)C(=O)C([C]=O)(Cc1ccccc1)C(C(=O)CCCc1ccccc1)(C(=O)C(CC)Cc1ccccc1)C(CCC)(C(=O)CCc1ccccc1)C(=O)C(CCC)CCC. The van der Waals surface area contributed by atoms with E-state index in [0.29, 0.717) is 50.5 Å². The van der Waals surface area contributed by atoms with Gasteiger partial charge in [0.1, 0.15) is 27.8 Å². The highest BCUT2D eigenvalue weighted by Crippen LogP contribution is 2.62. The van der Waals surface area contributed by atoms with E-state index >= 15 is 28.8 Å². The van der Waals surface area contributed by atoms with Crippen molar-refractivity contribution < 1.29 is 28.8 Å². The first-order chi connectivity index (χ1) is 34.5. The third kappa shape index (κ3) is 13.2. The number of Topliss-reactive ketones (excluding diaryl/α,β-unsaturated/α-hetero) is 5. The molecule has 0 saturated carbocycles. The van der Waals surface area contributed by atoms with Gasteiger partial charge in [-0.05, 0) is 98.4 Å². The van der Waals surface area contributed by atoms with Crippen LogP contribution in [0.15, 0.2) is 152 Å². The average Bonchev–Trinajstić information content (AvgIpc) is 3.41. The highest BCUT2D eigenvalue weighted by molar-refractivity contribution is 6.27. The third-order valence-corrected chi connectivity index (χ3v) is 15.1. The van der Waals surface area contributed by atoms with Gasteiger partial charge in [0.15, 0.2) is 17.3 Å². The molecule has 5 aromatic carbocycles. The second kappa shape index (κ2) is 28.2. The monoisotopic (exact) mass is 956 g/mol. The van der Waals surface area contributed by atoms with Gasteiger partial charge >= 0.3 is 0 Å². The van der Waals surface area contributed by atoms with Gasteiger partial charge < -0.3 is 0 Å². The van der Waals surface area contributed by atoms with E-state index in [-0.39, 0.29) is 64.2 Å². The fraction of sp³-hybridized carbons (Fsp3) is 0.446. The van der Waals surface area contributed by atoms with Gasteiger partial charge in [-0.2, -0.15) is 0 Å². The molecule has 0 aliphatic rings. The Labute approximate surface area is 425 Å². The molecule has 6 heteroatoms. The maximum absolute atomic E-state index is 17.5. The Bertz CT molecular complexity index is 2410. The second-order valence-electron chi connectivity index (χ2n) is 19.9. The minimum atomic E-state index is -2.79. The topological polar surface area (TPSA) is 102 Å². The minimum Gasteiger partial charge on any atom is -0.299 e. The second-order valence-corrected chi connectivity index (χ2v) is 19.9. The molecule has 0 heterocycles. The van der Waals surface area contributed by atoms with Crippen LogP contribution in [0.1, 0.15) is 146 Å². The summed E-state index contributed by atoms with van der Waals surface area (Å²) in [6, 6.07) is 47.6. The van der Waals surface area contributed by atoms with Gasteiger partial charge in [0, 0.05) is 30.6 Å². The van der Waals surface area contributed by atoms with Crippen LogP contribution in [0.4, 0.5) is 0 Å². The number of ketones is 5. The van der Waals surface area contributed by atoms with Gasteiger partial charge in [0.25, 0.3) is 0 Å². The maximum atomic E-state index is 17.5. The van der Waals surface area contributed by atoms with E-state index < -0.39 is 62.9 Å². The van der Waals surface area contributed by atoms with Crippen molar-refractivity contribution in [1.29, 1.82) is 0 Å². The summed E-state index contributed by atoms with van der Waals surface area (Å²) in [7, 11) is 0. The Morgan fingerprint density at radius 2 is 0.901 bits per heavy atom. The quantitative estimate of drug-likeness (QED) is 0.0381. The summed E-state index contributed by atoms with van der Waals surface area (Å²) in [4.78, 5) is 101. The van der Waals surface area contributed by atoms with Crippen LogP contribution in [0.25, 0.3) is 0 Å². The van der Waals surface area contributed by atoms with Crippen molar-refractivity contribution in [3.05, 3.63) is 179 Å². The number of hydrogen-bond donors (Lipinski definition) is 0. The van der Waals surface area contributed by atoms with E-state index in [2.05, 4.69) is 6.29 Å². The van der Waals surface area contributed by atoms with Crippen LogP contribution < -0.4 is 0 Å². The summed E-state index contributed by atoms with van der Waals surface area (Å²) in [5.74, 6) is -5.56. The highest BCUT2D eigenvalue weighted by atomic mass is 16.2. The van der Waals surface area contributed by atoms with Crippen molar-refractivity contribution in [3.8, 4) is 0 Å². The van der Waals surface area contributed by atoms with E-state index in [1.165, 1.54) is 0 Å². The number of rotatable bonds is 34. The van der Waals surface area contributed by atoms with Crippen molar-refractivity contribution in [2.45, 2.75) is 150 Å². The fourth-order valence-electron chi connectivity index (χ4n) is 11.7. The summed E-state index contributed by atoms with van der Waals surface area (Å²) in [6.45, 7) is 9.81. The van der Waals surface area contributed by atoms with Gasteiger partial charge in [0.2, 0.25) is 6.29 Å². The molecule has 0 saturated heterocycles. The molecule has 0 aromatic heterocycles. The van der Waals surface area contributed by atoms with Gasteiger partial charge in [-0.3, -0.25) is 28.8 Å². The molecular weight excluding hydrogens is 877 g/mol. The van der Waals surface area contributed by atoms with Gasteiger partial charge in [-0.25, -0.2) is 0 Å². The van der Waals surface area contributed by atoms with Crippen LogP contribution in [0.5, 0.6) is 0 Å². The Kier molecular flexibility index (Phi) is 22.3. The molecule has 0 N–H and O–H groups in total. The lowest BCUT2D eigenvalue weighted by Gasteiger charge is -2.56. The third-order valence-electron chi connectivity index (χ3n) is 15.1. The molecule has 375 valence electrons. The van der Waals surface area contributed by atoms with Crippen LogP contribution in [0.3, 0.4) is 0 Å².